The maximum atomic E-state index is 10.8. The van der Waals surface area contributed by atoms with E-state index >= 15 is 0 Å². The van der Waals surface area contributed by atoms with Crippen molar-refractivity contribution in [3.63, 3.8) is 0 Å². The molecule has 0 radical (unpaired) electrons. The minimum atomic E-state index is -0.493. The molecule has 80 valence electrons. The first kappa shape index (κ1) is 9.41. The van der Waals surface area contributed by atoms with Crippen LogP contribution in [0.3, 0.4) is 0 Å². The van der Waals surface area contributed by atoms with Gasteiger partial charge in [-0.2, -0.15) is 0 Å². The van der Waals surface area contributed by atoms with Crippen LogP contribution < -0.4 is 0 Å². The van der Waals surface area contributed by atoms with E-state index in [1.807, 2.05) is 0 Å². The van der Waals surface area contributed by atoms with Crippen LogP contribution in [0, 0.1) is 5.92 Å². The third-order valence-electron chi connectivity index (χ3n) is 3.99. The Labute approximate surface area is 91.1 Å². The minimum Gasteiger partial charge on any atom is -0.385 e. The van der Waals surface area contributed by atoms with E-state index in [4.69, 9.17) is 0 Å². The van der Waals surface area contributed by atoms with Gasteiger partial charge in [0.05, 0.1) is 5.60 Å². The van der Waals surface area contributed by atoms with E-state index in [2.05, 4.69) is 24.3 Å². The van der Waals surface area contributed by atoms with Crippen LogP contribution in [0.25, 0.3) is 0 Å². The van der Waals surface area contributed by atoms with Crippen LogP contribution in [0.1, 0.15) is 43.2 Å². The number of fused-ring (bicyclic) bond motifs is 1. The molecule has 15 heavy (non-hydrogen) atoms. The molecular formula is C14H18O. The molecule has 1 N–H and O–H groups in total. The zero-order valence-electron chi connectivity index (χ0n) is 9.08. The largest absolute Gasteiger partial charge is 0.385 e. The average molecular weight is 202 g/mol. The lowest BCUT2D eigenvalue weighted by atomic mass is 9.84. The van der Waals surface area contributed by atoms with Gasteiger partial charge >= 0.3 is 0 Å². The van der Waals surface area contributed by atoms with E-state index in [0.717, 1.165) is 12.8 Å². The van der Waals surface area contributed by atoms with Crippen LogP contribution >= 0.6 is 0 Å². The van der Waals surface area contributed by atoms with Crippen molar-refractivity contribution < 1.29 is 5.11 Å². The number of aryl methyl sites for hydroxylation is 1. The van der Waals surface area contributed by atoms with Gasteiger partial charge in [0.15, 0.2) is 0 Å². The Hall–Kier alpha value is -0.820. The van der Waals surface area contributed by atoms with Crippen molar-refractivity contribution in [2.24, 2.45) is 5.92 Å². The highest BCUT2D eigenvalue weighted by atomic mass is 16.3. The minimum absolute atomic E-state index is 0.493. The van der Waals surface area contributed by atoms with Gasteiger partial charge in [-0.05, 0) is 55.6 Å². The fourth-order valence-electron chi connectivity index (χ4n) is 2.99. The van der Waals surface area contributed by atoms with Crippen LogP contribution in [0.2, 0.25) is 0 Å². The predicted molar refractivity (Wildman–Crippen MR) is 60.6 cm³/mol. The third-order valence-corrected chi connectivity index (χ3v) is 3.99. The summed E-state index contributed by atoms with van der Waals surface area (Å²) in [5.41, 5.74) is 2.11. The molecule has 1 fully saturated rings. The van der Waals surface area contributed by atoms with Crippen LogP contribution in [0.15, 0.2) is 24.3 Å². The highest BCUT2D eigenvalue weighted by Crippen LogP contribution is 2.50. The first-order valence-electron chi connectivity index (χ1n) is 6.11. The average Bonchev–Trinajstić information content (AvgIpc) is 3.07. The van der Waals surface area contributed by atoms with Gasteiger partial charge in [-0.15, -0.1) is 0 Å². The number of benzene rings is 1. The summed E-state index contributed by atoms with van der Waals surface area (Å²) >= 11 is 0. The monoisotopic (exact) mass is 202 g/mol. The summed E-state index contributed by atoms with van der Waals surface area (Å²) < 4.78 is 0. The molecular weight excluding hydrogens is 184 g/mol. The molecule has 0 spiro atoms. The Kier molecular flexibility index (Phi) is 2.10. The Morgan fingerprint density at radius 1 is 1.13 bits per heavy atom. The van der Waals surface area contributed by atoms with E-state index in [9.17, 15) is 5.11 Å². The molecule has 1 heteroatoms. The molecule has 0 bridgehead atoms. The number of hydrogen-bond acceptors (Lipinski definition) is 1. The molecule has 2 aliphatic carbocycles. The van der Waals surface area contributed by atoms with Gasteiger partial charge in [-0.3, -0.25) is 0 Å². The lowest BCUT2D eigenvalue weighted by Crippen LogP contribution is -2.28. The van der Waals surface area contributed by atoms with Crippen LogP contribution in [-0.2, 0) is 12.0 Å². The maximum absolute atomic E-state index is 10.8. The van der Waals surface area contributed by atoms with Gasteiger partial charge in [0.1, 0.15) is 0 Å². The lowest BCUT2D eigenvalue weighted by Gasteiger charge is -2.29. The van der Waals surface area contributed by atoms with Crippen molar-refractivity contribution in [2.45, 2.75) is 44.1 Å². The molecule has 2 aliphatic rings. The maximum Gasteiger partial charge on any atom is 0.0927 e. The topological polar surface area (TPSA) is 20.2 Å². The van der Waals surface area contributed by atoms with Crippen molar-refractivity contribution in [3.8, 4) is 0 Å². The summed E-state index contributed by atoms with van der Waals surface area (Å²) in [5.74, 6) is 0.539. The zero-order chi connectivity index (χ0) is 10.3. The van der Waals surface area contributed by atoms with Gasteiger partial charge in [-0.1, -0.05) is 24.3 Å². The van der Waals surface area contributed by atoms with Gasteiger partial charge in [0, 0.05) is 0 Å². The Morgan fingerprint density at radius 2 is 1.93 bits per heavy atom. The number of rotatable bonds is 1. The van der Waals surface area contributed by atoms with Crippen molar-refractivity contribution >= 4 is 0 Å². The molecule has 1 saturated carbocycles. The summed E-state index contributed by atoms with van der Waals surface area (Å²) in [7, 11) is 0. The second kappa shape index (κ2) is 3.34. The summed E-state index contributed by atoms with van der Waals surface area (Å²) in [6.07, 6.45) is 6.93. The third kappa shape index (κ3) is 1.50. The molecule has 3 rings (SSSR count). The van der Waals surface area contributed by atoms with E-state index in [1.165, 1.54) is 36.8 Å². The number of hydrogen-bond donors (Lipinski definition) is 1. The fraction of sp³-hybridized carbons (Fsp3) is 0.571. The van der Waals surface area contributed by atoms with Crippen LogP contribution in [0.5, 0.6) is 0 Å². The molecule has 0 saturated heterocycles. The molecule has 0 amide bonds. The summed E-state index contributed by atoms with van der Waals surface area (Å²) in [4.78, 5) is 0. The van der Waals surface area contributed by atoms with E-state index in [1.54, 1.807) is 0 Å². The lowest BCUT2D eigenvalue weighted by molar-refractivity contribution is 0.00369. The van der Waals surface area contributed by atoms with Crippen LogP contribution in [0.4, 0.5) is 0 Å². The first-order valence-corrected chi connectivity index (χ1v) is 6.11. The van der Waals surface area contributed by atoms with Crippen LogP contribution in [-0.4, -0.2) is 5.11 Å². The molecule has 1 aromatic carbocycles. The molecule has 1 aromatic rings. The SMILES string of the molecule is OC1(C2CC2)CCCCc2ccccc21. The van der Waals surface area contributed by atoms with Gasteiger partial charge in [0.2, 0.25) is 0 Å². The Bertz CT molecular complexity index is 367. The molecule has 1 atom stereocenters. The van der Waals surface area contributed by atoms with Gasteiger partial charge in [0.25, 0.3) is 0 Å². The normalized spacial score (nSPS) is 30.7. The summed E-state index contributed by atoms with van der Waals surface area (Å²) in [5, 5.41) is 10.8. The van der Waals surface area contributed by atoms with E-state index in [0.29, 0.717) is 5.92 Å². The van der Waals surface area contributed by atoms with Crippen molar-refractivity contribution in [1.29, 1.82) is 0 Å². The van der Waals surface area contributed by atoms with E-state index in [-0.39, 0.29) is 0 Å². The Morgan fingerprint density at radius 3 is 2.73 bits per heavy atom. The quantitative estimate of drug-likeness (QED) is 0.694. The summed E-state index contributed by atoms with van der Waals surface area (Å²) in [6.45, 7) is 0. The smallest absolute Gasteiger partial charge is 0.0927 e. The molecule has 0 heterocycles. The zero-order valence-corrected chi connectivity index (χ0v) is 9.08. The number of aliphatic hydroxyl groups is 1. The van der Waals surface area contributed by atoms with Crippen molar-refractivity contribution in [3.05, 3.63) is 35.4 Å². The second-order valence-electron chi connectivity index (χ2n) is 5.06. The standard InChI is InChI=1S/C14H18O/c15-14(12-8-9-12)10-4-3-6-11-5-1-2-7-13(11)14/h1-2,5,7,12,15H,3-4,6,8-10H2. The predicted octanol–water partition coefficient (Wildman–Crippen LogP) is 3.01. The Balaban J connectivity index is 2.08. The molecule has 1 nitrogen and oxygen atoms in total. The fourth-order valence-corrected chi connectivity index (χ4v) is 2.99. The van der Waals surface area contributed by atoms with Crippen molar-refractivity contribution in [2.75, 3.05) is 0 Å². The summed E-state index contributed by atoms with van der Waals surface area (Å²) in [6, 6.07) is 8.49. The highest BCUT2D eigenvalue weighted by Gasteiger charge is 2.45. The first-order chi connectivity index (χ1) is 7.31. The molecule has 0 aliphatic heterocycles. The second-order valence-corrected chi connectivity index (χ2v) is 5.06. The molecule has 1 unspecified atom stereocenters. The van der Waals surface area contributed by atoms with Gasteiger partial charge < -0.3 is 5.11 Å². The molecule has 0 aromatic heterocycles. The van der Waals surface area contributed by atoms with Gasteiger partial charge in [-0.25, -0.2) is 0 Å². The highest BCUT2D eigenvalue weighted by molar-refractivity contribution is 5.35. The van der Waals surface area contributed by atoms with Crippen molar-refractivity contribution in [1.82, 2.24) is 0 Å². The van der Waals surface area contributed by atoms with E-state index < -0.39 is 5.60 Å².